The molecule has 3 aromatic rings. The Bertz CT molecular complexity index is 948. The van der Waals surface area contributed by atoms with Crippen LogP contribution in [0.4, 0.5) is 5.88 Å². The van der Waals surface area contributed by atoms with E-state index in [0.29, 0.717) is 17.4 Å². The molecule has 6 nitrogen and oxygen atoms in total. The second kappa shape index (κ2) is 6.02. The van der Waals surface area contributed by atoms with Crippen molar-refractivity contribution in [1.29, 1.82) is 0 Å². The van der Waals surface area contributed by atoms with Gasteiger partial charge in [0.1, 0.15) is 16.3 Å². The number of fused-ring (bicyclic) bond motifs is 1. The van der Waals surface area contributed by atoms with Crippen LogP contribution in [0.25, 0.3) is 17.1 Å². The molecule has 0 saturated heterocycles. The smallest absolute Gasteiger partial charge is 0.399 e. The number of rotatable bonds is 3. The molecule has 0 bridgehead atoms. The van der Waals surface area contributed by atoms with Gasteiger partial charge in [0.2, 0.25) is 0 Å². The molecule has 1 fully saturated rings. The monoisotopic (exact) mass is 339 g/mol. The summed E-state index contributed by atoms with van der Waals surface area (Å²) in [6.45, 7) is 4.21. The van der Waals surface area contributed by atoms with Crippen LogP contribution in [0.15, 0.2) is 28.8 Å². The Labute approximate surface area is 145 Å². The molecule has 1 saturated carbocycles. The molecule has 0 N–H and O–H groups in total. The molecule has 0 aromatic carbocycles. The topological polar surface area (TPSA) is 73.6 Å². The van der Waals surface area contributed by atoms with Crippen molar-refractivity contribution in [2.75, 3.05) is 0 Å². The molecule has 4 rings (SSSR count). The predicted molar refractivity (Wildman–Crippen MR) is 94.8 cm³/mol. The van der Waals surface area contributed by atoms with Gasteiger partial charge in [-0.1, -0.05) is 19.3 Å². The van der Waals surface area contributed by atoms with Gasteiger partial charge in [-0.25, -0.2) is 4.98 Å². The number of nitrogens with zero attached hydrogens (tertiary/aromatic N) is 3. The fourth-order valence-corrected chi connectivity index (χ4v) is 4.05. The number of furan rings is 1. The Kier molecular flexibility index (Phi) is 3.82. The molecular formula is C19H21N3O3. The van der Waals surface area contributed by atoms with E-state index in [1.54, 1.807) is 6.07 Å². The molecule has 1 aliphatic carbocycles. The summed E-state index contributed by atoms with van der Waals surface area (Å²) in [6.07, 6.45) is 8.17. The first-order valence-corrected chi connectivity index (χ1v) is 8.78. The normalized spacial score (nSPS) is 15.8. The highest BCUT2D eigenvalue weighted by Gasteiger charge is 2.23. The van der Waals surface area contributed by atoms with Gasteiger partial charge >= 0.3 is 5.88 Å². The first-order chi connectivity index (χ1) is 12.0. The van der Waals surface area contributed by atoms with Crippen molar-refractivity contribution in [1.82, 2.24) is 9.38 Å². The van der Waals surface area contributed by atoms with Gasteiger partial charge in [0.25, 0.3) is 0 Å². The SMILES string of the molecule is Cc1cc(C)n2cc(-c3ccc([N+](=O)[O-])o3)nc2c1C1CCCCC1. The lowest BCUT2D eigenvalue weighted by atomic mass is 9.82. The highest BCUT2D eigenvalue weighted by Crippen LogP contribution is 2.38. The Hall–Kier alpha value is -2.63. The van der Waals surface area contributed by atoms with Gasteiger partial charge in [-0.15, -0.1) is 0 Å². The molecule has 0 unspecified atom stereocenters. The highest BCUT2D eigenvalue weighted by molar-refractivity contribution is 5.64. The lowest BCUT2D eigenvalue weighted by molar-refractivity contribution is -0.401. The fraction of sp³-hybridized carbons (Fsp3) is 0.421. The average Bonchev–Trinajstić information content (AvgIpc) is 3.23. The summed E-state index contributed by atoms with van der Waals surface area (Å²) in [4.78, 5) is 15.1. The molecule has 3 heterocycles. The van der Waals surface area contributed by atoms with Crippen molar-refractivity contribution < 1.29 is 9.34 Å². The second-order valence-electron chi connectivity index (χ2n) is 6.93. The number of imidazole rings is 1. The van der Waals surface area contributed by atoms with Gasteiger partial charge in [-0.05, 0) is 50.3 Å². The van der Waals surface area contributed by atoms with Crippen LogP contribution in [-0.4, -0.2) is 14.3 Å². The largest absolute Gasteiger partial charge is 0.433 e. The first kappa shape index (κ1) is 15.9. The number of pyridine rings is 1. The average molecular weight is 339 g/mol. The van der Waals surface area contributed by atoms with Gasteiger partial charge in [0, 0.05) is 17.5 Å². The van der Waals surface area contributed by atoms with E-state index < -0.39 is 4.92 Å². The van der Waals surface area contributed by atoms with Gasteiger partial charge in [0.05, 0.1) is 6.07 Å². The van der Waals surface area contributed by atoms with E-state index >= 15 is 0 Å². The third-order valence-electron chi connectivity index (χ3n) is 5.21. The maximum atomic E-state index is 10.9. The van der Waals surface area contributed by atoms with Crippen molar-refractivity contribution in [3.8, 4) is 11.5 Å². The zero-order valence-electron chi connectivity index (χ0n) is 14.5. The lowest BCUT2D eigenvalue weighted by Gasteiger charge is -2.24. The van der Waals surface area contributed by atoms with E-state index in [2.05, 4.69) is 24.3 Å². The summed E-state index contributed by atoms with van der Waals surface area (Å²) in [5.41, 5.74) is 5.29. The van der Waals surface area contributed by atoms with Crippen molar-refractivity contribution in [3.05, 3.63) is 51.3 Å². The first-order valence-electron chi connectivity index (χ1n) is 8.78. The van der Waals surface area contributed by atoms with Gasteiger partial charge in [-0.3, -0.25) is 10.1 Å². The van der Waals surface area contributed by atoms with Crippen LogP contribution < -0.4 is 0 Å². The molecule has 0 spiro atoms. The van der Waals surface area contributed by atoms with Crippen LogP contribution in [-0.2, 0) is 0 Å². The van der Waals surface area contributed by atoms with Crippen molar-refractivity contribution in [2.24, 2.45) is 0 Å². The fourth-order valence-electron chi connectivity index (χ4n) is 4.05. The minimum Gasteiger partial charge on any atom is -0.399 e. The van der Waals surface area contributed by atoms with Crippen LogP contribution in [0.2, 0.25) is 0 Å². The zero-order chi connectivity index (χ0) is 17.6. The Morgan fingerprint density at radius 2 is 2.00 bits per heavy atom. The summed E-state index contributed by atoms with van der Waals surface area (Å²) in [7, 11) is 0. The molecule has 0 radical (unpaired) electrons. The molecule has 0 atom stereocenters. The molecule has 25 heavy (non-hydrogen) atoms. The van der Waals surface area contributed by atoms with Crippen LogP contribution in [0, 0.1) is 24.0 Å². The number of aryl methyl sites for hydroxylation is 2. The minimum absolute atomic E-state index is 0.257. The van der Waals surface area contributed by atoms with Crippen LogP contribution in [0.1, 0.15) is 54.8 Å². The van der Waals surface area contributed by atoms with Gasteiger partial charge in [-0.2, -0.15) is 0 Å². The van der Waals surface area contributed by atoms with Crippen molar-refractivity contribution in [3.63, 3.8) is 0 Å². The summed E-state index contributed by atoms with van der Waals surface area (Å²) >= 11 is 0. The van der Waals surface area contributed by atoms with E-state index in [1.165, 1.54) is 49.3 Å². The van der Waals surface area contributed by atoms with Gasteiger partial charge in [0.15, 0.2) is 5.76 Å². The van der Waals surface area contributed by atoms with E-state index in [4.69, 9.17) is 9.40 Å². The minimum atomic E-state index is -0.526. The van der Waals surface area contributed by atoms with E-state index in [-0.39, 0.29) is 5.88 Å². The third kappa shape index (κ3) is 2.71. The van der Waals surface area contributed by atoms with E-state index in [0.717, 1.165) is 11.3 Å². The number of hydrogen-bond acceptors (Lipinski definition) is 4. The second-order valence-corrected chi connectivity index (χ2v) is 6.93. The lowest BCUT2D eigenvalue weighted by Crippen LogP contribution is -2.09. The predicted octanol–water partition coefficient (Wildman–Crippen LogP) is 5.17. The van der Waals surface area contributed by atoms with E-state index in [9.17, 15) is 10.1 Å². The highest BCUT2D eigenvalue weighted by atomic mass is 16.6. The summed E-state index contributed by atoms with van der Waals surface area (Å²) in [5.74, 6) is 0.715. The molecular weight excluding hydrogens is 318 g/mol. The van der Waals surface area contributed by atoms with Gasteiger partial charge < -0.3 is 8.82 Å². The van der Waals surface area contributed by atoms with Crippen LogP contribution in [0.3, 0.4) is 0 Å². The molecule has 0 amide bonds. The Balaban J connectivity index is 1.85. The number of hydrogen-bond donors (Lipinski definition) is 0. The Morgan fingerprint density at radius 3 is 2.68 bits per heavy atom. The van der Waals surface area contributed by atoms with Crippen molar-refractivity contribution in [2.45, 2.75) is 51.9 Å². The maximum absolute atomic E-state index is 10.9. The quantitative estimate of drug-likeness (QED) is 0.487. The number of aromatic nitrogens is 2. The molecule has 3 aromatic heterocycles. The molecule has 0 aliphatic heterocycles. The molecule has 6 heteroatoms. The molecule has 130 valence electrons. The maximum Gasteiger partial charge on any atom is 0.433 e. The summed E-state index contributed by atoms with van der Waals surface area (Å²) < 4.78 is 7.43. The standard InChI is InChI=1S/C19H21N3O3/c1-12-10-13(2)21-11-15(16-8-9-17(25-16)22(23)24)20-19(21)18(12)14-6-4-3-5-7-14/h8-11,14H,3-7H2,1-2H3. The molecule has 1 aliphatic rings. The van der Waals surface area contributed by atoms with E-state index in [1.807, 2.05) is 6.20 Å². The van der Waals surface area contributed by atoms with Crippen LogP contribution in [0.5, 0.6) is 0 Å². The van der Waals surface area contributed by atoms with Crippen LogP contribution >= 0.6 is 0 Å². The summed E-state index contributed by atoms with van der Waals surface area (Å²) in [6, 6.07) is 5.19. The third-order valence-corrected chi connectivity index (χ3v) is 5.21. The zero-order valence-corrected chi connectivity index (χ0v) is 14.5. The number of nitro groups is 1. The Morgan fingerprint density at radius 1 is 1.24 bits per heavy atom. The van der Waals surface area contributed by atoms with Crippen molar-refractivity contribution >= 4 is 11.5 Å². The summed E-state index contributed by atoms with van der Waals surface area (Å²) in [5, 5.41) is 10.9.